The van der Waals surface area contributed by atoms with E-state index in [1.807, 2.05) is 6.92 Å². The number of anilines is 1. The van der Waals surface area contributed by atoms with Gasteiger partial charge in [-0.05, 0) is 51.1 Å². The molecule has 0 spiro atoms. The summed E-state index contributed by atoms with van der Waals surface area (Å²) in [7, 11) is 0. The van der Waals surface area contributed by atoms with E-state index in [-0.39, 0.29) is 45.1 Å². The Hall–Kier alpha value is -4.48. The van der Waals surface area contributed by atoms with Gasteiger partial charge in [0, 0.05) is 16.3 Å². The molecule has 3 heterocycles. The lowest BCUT2D eigenvalue weighted by Crippen LogP contribution is -2.25. The van der Waals surface area contributed by atoms with Crippen LogP contribution in [-0.2, 0) is 4.74 Å². The van der Waals surface area contributed by atoms with Crippen molar-refractivity contribution < 1.29 is 23.6 Å². The van der Waals surface area contributed by atoms with E-state index in [2.05, 4.69) is 15.6 Å². The van der Waals surface area contributed by atoms with Crippen molar-refractivity contribution in [1.29, 1.82) is 0 Å². The maximum Gasteiger partial charge on any atom is 0.359 e. The number of rotatable bonds is 8. The Labute approximate surface area is 237 Å². The van der Waals surface area contributed by atoms with Crippen LogP contribution in [0.1, 0.15) is 40.5 Å². The molecule has 0 saturated heterocycles. The van der Waals surface area contributed by atoms with Gasteiger partial charge in [-0.25, -0.2) is 4.79 Å². The molecule has 1 N–H and O–H groups in total. The van der Waals surface area contributed by atoms with Gasteiger partial charge in [0.1, 0.15) is 27.8 Å². The zero-order valence-electron chi connectivity index (χ0n) is 21.7. The van der Waals surface area contributed by atoms with Crippen molar-refractivity contribution in [2.75, 3.05) is 18.5 Å². The van der Waals surface area contributed by atoms with E-state index >= 15 is 0 Å². The molecule has 0 unspecified atom stereocenters. The molecule has 0 saturated carbocycles. The highest BCUT2D eigenvalue weighted by Crippen LogP contribution is 2.34. The van der Waals surface area contributed by atoms with E-state index in [4.69, 9.17) is 25.6 Å². The zero-order valence-corrected chi connectivity index (χ0v) is 23.3. The van der Waals surface area contributed by atoms with Crippen LogP contribution in [-0.4, -0.2) is 40.0 Å². The highest BCUT2D eigenvalue weighted by Gasteiger charge is 2.27. The average molecular weight is 579 g/mol. The van der Waals surface area contributed by atoms with Crippen molar-refractivity contribution in [2.24, 2.45) is 0 Å². The molecule has 12 heteroatoms. The number of esters is 1. The summed E-state index contributed by atoms with van der Waals surface area (Å²) in [4.78, 5) is 40.2. The van der Waals surface area contributed by atoms with Gasteiger partial charge in [-0.3, -0.25) is 9.59 Å². The summed E-state index contributed by atoms with van der Waals surface area (Å²) >= 11 is 7.43. The quantitative estimate of drug-likeness (QED) is 0.226. The number of carbonyl (C=O) groups excluding carboxylic acids is 2. The third-order valence-corrected chi connectivity index (χ3v) is 7.18. The highest BCUT2D eigenvalue weighted by atomic mass is 35.5. The minimum atomic E-state index is -0.696. The first kappa shape index (κ1) is 27.1. The molecule has 0 aliphatic heterocycles. The van der Waals surface area contributed by atoms with Crippen molar-refractivity contribution in [3.63, 3.8) is 0 Å². The maximum atomic E-state index is 13.7. The largest absolute Gasteiger partial charge is 0.494 e. The van der Waals surface area contributed by atoms with Crippen LogP contribution in [0.15, 0.2) is 63.2 Å². The van der Waals surface area contributed by atoms with Crippen LogP contribution in [0.25, 0.3) is 27.7 Å². The van der Waals surface area contributed by atoms with Gasteiger partial charge in [0.15, 0.2) is 5.69 Å². The summed E-state index contributed by atoms with van der Waals surface area (Å²) in [6, 6.07) is 13.6. The van der Waals surface area contributed by atoms with Crippen molar-refractivity contribution in [2.45, 2.75) is 20.8 Å². The van der Waals surface area contributed by atoms with Crippen molar-refractivity contribution in [3.8, 4) is 22.7 Å². The molecule has 0 radical (unpaired) electrons. The van der Waals surface area contributed by atoms with Crippen molar-refractivity contribution in [1.82, 2.24) is 14.9 Å². The Morgan fingerprint density at radius 1 is 1.10 bits per heavy atom. The summed E-state index contributed by atoms with van der Waals surface area (Å²) in [5.41, 5.74) is 0.773. The van der Waals surface area contributed by atoms with Crippen molar-refractivity contribution >= 4 is 50.6 Å². The number of nitrogens with one attached hydrogen (secondary N) is 1. The van der Waals surface area contributed by atoms with Gasteiger partial charge in [0.25, 0.3) is 11.5 Å². The molecule has 0 aliphatic carbocycles. The fraction of sp³-hybridized carbons (Fsp3) is 0.179. The van der Waals surface area contributed by atoms with Crippen molar-refractivity contribution in [3.05, 3.63) is 86.3 Å². The molecule has 0 atom stereocenters. The van der Waals surface area contributed by atoms with Crippen LogP contribution in [0.4, 0.5) is 5.00 Å². The number of carbonyl (C=O) groups is 2. The van der Waals surface area contributed by atoms with E-state index in [0.29, 0.717) is 28.6 Å². The monoisotopic (exact) mass is 578 g/mol. The molecule has 40 heavy (non-hydrogen) atoms. The standard InChI is InChI=1S/C28H23ClN4O6S/c1-4-37-17-12-10-16(11-13-17)33-27(35)22-19(24(31-33)28(36)38-5-2)14-40-26(22)30-25(34)21-15(3)39-32-23(21)18-8-6-7-9-20(18)29/h6-14H,4-5H2,1-3H3,(H,30,34). The minimum Gasteiger partial charge on any atom is -0.494 e. The van der Waals surface area contributed by atoms with E-state index in [9.17, 15) is 14.4 Å². The molecular formula is C28H23ClN4O6S. The molecule has 0 aliphatic rings. The predicted molar refractivity (Wildman–Crippen MR) is 152 cm³/mol. The van der Waals surface area contributed by atoms with Gasteiger partial charge in [-0.2, -0.15) is 9.78 Å². The lowest BCUT2D eigenvalue weighted by molar-refractivity contribution is 0.0520. The van der Waals surface area contributed by atoms with Crippen LogP contribution >= 0.6 is 22.9 Å². The highest BCUT2D eigenvalue weighted by molar-refractivity contribution is 7.16. The Balaban J connectivity index is 1.62. The van der Waals surface area contributed by atoms with E-state index in [1.54, 1.807) is 67.8 Å². The van der Waals surface area contributed by atoms with E-state index < -0.39 is 17.4 Å². The van der Waals surface area contributed by atoms with Gasteiger partial charge in [0.2, 0.25) is 0 Å². The summed E-state index contributed by atoms with van der Waals surface area (Å²) < 4.78 is 17.1. The SMILES string of the molecule is CCOC(=O)c1nn(-c2ccc(OCC)cc2)c(=O)c2c(NC(=O)c3c(-c4ccccc4Cl)noc3C)scc12. The second kappa shape index (κ2) is 11.3. The van der Waals surface area contributed by atoms with Gasteiger partial charge >= 0.3 is 5.97 Å². The fourth-order valence-corrected chi connectivity index (χ4v) is 5.32. The molecule has 5 aromatic rings. The lowest BCUT2D eigenvalue weighted by atomic mass is 10.1. The number of benzene rings is 2. The number of fused-ring (bicyclic) bond motifs is 1. The third-order valence-electron chi connectivity index (χ3n) is 5.96. The van der Waals surface area contributed by atoms with E-state index in [1.165, 1.54) is 0 Å². The van der Waals surface area contributed by atoms with Crippen LogP contribution < -0.4 is 15.6 Å². The lowest BCUT2D eigenvalue weighted by Gasteiger charge is -2.11. The number of amides is 1. The normalized spacial score (nSPS) is 11.0. The number of nitrogens with zero attached hydrogens (tertiary/aromatic N) is 3. The number of halogens is 1. The molecule has 0 fully saturated rings. The number of thiophene rings is 1. The van der Waals surface area contributed by atoms with Gasteiger partial charge in [-0.1, -0.05) is 35.0 Å². The minimum absolute atomic E-state index is 0.0556. The summed E-state index contributed by atoms with van der Waals surface area (Å²) in [5.74, 6) is -0.362. The smallest absolute Gasteiger partial charge is 0.359 e. The fourth-order valence-electron chi connectivity index (χ4n) is 4.16. The Bertz CT molecular complexity index is 1790. The second-order valence-electron chi connectivity index (χ2n) is 8.46. The number of ether oxygens (including phenoxy) is 2. The Morgan fingerprint density at radius 2 is 1.85 bits per heavy atom. The van der Waals surface area contributed by atoms with Gasteiger partial charge < -0.3 is 19.3 Å². The van der Waals surface area contributed by atoms with Crippen LogP contribution in [0.3, 0.4) is 0 Å². The predicted octanol–water partition coefficient (Wildman–Crippen LogP) is 5.89. The van der Waals surface area contributed by atoms with Crippen LogP contribution in [0, 0.1) is 6.92 Å². The van der Waals surface area contributed by atoms with Crippen LogP contribution in [0.2, 0.25) is 5.02 Å². The third kappa shape index (κ3) is 4.96. The molecule has 204 valence electrons. The molecule has 10 nitrogen and oxygen atoms in total. The number of hydrogen-bond donors (Lipinski definition) is 1. The van der Waals surface area contributed by atoms with E-state index in [0.717, 1.165) is 16.0 Å². The Morgan fingerprint density at radius 3 is 2.55 bits per heavy atom. The zero-order chi connectivity index (χ0) is 28.4. The molecular weight excluding hydrogens is 556 g/mol. The first-order chi connectivity index (χ1) is 19.3. The molecule has 1 amide bonds. The molecule has 0 bridgehead atoms. The number of aromatic nitrogens is 3. The molecule has 5 rings (SSSR count). The first-order valence-electron chi connectivity index (χ1n) is 12.3. The second-order valence-corrected chi connectivity index (χ2v) is 9.75. The molecule has 3 aromatic heterocycles. The topological polar surface area (TPSA) is 126 Å². The summed E-state index contributed by atoms with van der Waals surface area (Å²) in [6.45, 7) is 5.75. The Kier molecular flexibility index (Phi) is 7.67. The summed E-state index contributed by atoms with van der Waals surface area (Å²) in [5, 5.41) is 13.8. The van der Waals surface area contributed by atoms with Gasteiger partial charge in [0.05, 0.1) is 29.3 Å². The average Bonchev–Trinajstić information content (AvgIpc) is 3.54. The number of aryl methyl sites for hydroxylation is 1. The maximum absolute atomic E-state index is 13.7. The first-order valence-corrected chi connectivity index (χ1v) is 13.6. The van der Waals surface area contributed by atoms with Crippen LogP contribution in [0.5, 0.6) is 5.75 Å². The number of hydrogen-bond acceptors (Lipinski definition) is 9. The summed E-state index contributed by atoms with van der Waals surface area (Å²) in [6.07, 6.45) is 0. The van der Waals surface area contributed by atoms with Gasteiger partial charge in [-0.15, -0.1) is 11.3 Å². The molecule has 2 aromatic carbocycles.